The lowest BCUT2D eigenvalue weighted by molar-refractivity contribution is -0.137. The highest BCUT2D eigenvalue weighted by atomic mass is 19.4. The molecule has 2 aromatic rings. The first kappa shape index (κ1) is 22.3. The summed E-state index contributed by atoms with van der Waals surface area (Å²) < 4.78 is 39.7. The number of carbonyl (C=O) groups excluding carboxylic acids is 1. The smallest absolute Gasteiger partial charge is 0.398 e. The van der Waals surface area contributed by atoms with Gasteiger partial charge in [0.05, 0.1) is 11.3 Å². The molecule has 0 bridgehead atoms. The summed E-state index contributed by atoms with van der Waals surface area (Å²) in [7, 11) is 1.36. The molecule has 0 fully saturated rings. The summed E-state index contributed by atoms with van der Waals surface area (Å²) >= 11 is 0. The number of nitrogens with one attached hydrogen (secondary N) is 1. The number of amides is 1. The maximum absolute atomic E-state index is 13.2. The minimum atomic E-state index is -4.44. The van der Waals surface area contributed by atoms with Crippen LogP contribution in [0.2, 0.25) is 0 Å². The van der Waals surface area contributed by atoms with E-state index in [2.05, 4.69) is 20.5 Å². The highest BCUT2D eigenvalue weighted by molar-refractivity contribution is 6.05. The number of rotatable bonds is 5. The normalized spacial score (nSPS) is 18.6. The maximum atomic E-state index is 13.2. The zero-order valence-corrected chi connectivity index (χ0v) is 17.5. The van der Waals surface area contributed by atoms with E-state index in [1.54, 1.807) is 45.0 Å². The van der Waals surface area contributed by atoms with E-state index in [4.69, 9.17) is 4.84 Å². The highest BCUT2D eigenvalue weighted by Crippen LogP contribution is 2.39. The molecule has 1 amide bonds. The Morgan fingerprint density at radius 3 is 2.65 bits per heavy atom. The van der Waals surface area contributed by atoms with Crippen molar-refractivity contribution in [2.24, 2.45) is 10.3 Å². The number of aryl methyl sites for hydroxylation is 2. The Balaban J connectivity index is 1.82. The minimum absolute atomic E-state index is 0.291. The van der Waals surface area contributed by atoms with E-state index in [-0.39, 0.29) is 5.91 Å². The number of carbonyl (C=O) groups is 1. The molecule has 0 saturated carbocycles. The van der Waals surface area contributed by atoms with Crippen LogP contribution in [0.15, 0.2) is 46.7 Å². The van der Waals surface area contributed by atoms with Gasteiger partial charge in [-0.3, -0.25) is 4.79 Å². The van der Waals surface area contributed by atoms with Crippen LogP contribution in [0.1, 0.15) is 51.5 Å². The summed E-state index contributed by atoms with van der Waals surface area (Å²) in [6, 6.07) is 9.04. The Kier molecular flexibility index (Phi) is 6.06. The lowest BCUT2D eigenvalue weighted by Gasteiger charge is -2.23. The second-order valence-corrected chi connectivity index (χ2v) is 7.54. The predicted octanol–water partition coefficient (Wildman–Crippen LogP) is 4.68. The Morgan fingerprint density at radius 2 is 2.00 bits per heavy atom. The number of oxime groups is 2. The van der Waals surface area contributed by atoms with Crippen molar-refractivity contribution in [3.05, 3.63) is 69.8 Å². The van der Waals surface area contributed by atoms with E-state index >= 15 is 0 Å². The summed E-state index contributed by atoms with van der Waals surface area (Å²) in [5.41, 5.74) is 1.62. The number of nitrogens with zero attached hydrogens (tertiary/aromatic N) is 2. The van der Waals surface area contributed by atoms with Gasteiger partial charge in [0.2, 0.25) is 0 Å². The molecule has 0 radical (unpaired) electrons. The fraction of sp³-hybridized carbons (Fsp3) is 0.318. The van der Waals surface area contributed by atoms with Crippen LogP contribution < -0.4 is 5.32 Å². The van der Waals surface area contributed by atoms with Crippen molar-refractivity contribution in [2.45, 2.75) is 39.0 Å². The second kappa shape index (κ2) is 8.41. The molecule has 6 nitrogen and oxygen atoms in total. The largest absolute Gasteiger partial charge is 0.416 e. The zero-order chi connectivity index (χ0) is 22.8. The molecule has 3 rings (SSSR count). The van der Waals surface area contributed by atoms with Gasteiger partial charge in [0.25, 0.3) is 5.91 Å². The number of alkyl halides is 3. The summed E-state index contributed by atoms with van der Waals surface area (Å²) in [5, 5.41) is 10.1. The summed E-state index contributed by atoms with van der Waals surface area (Å²) in [4.78, 5) is 22.3. The Bertz CT molecular complexity index is 1060. The van der Waals surface area contributed by atoms with Gasteiger partial charge in [0, 0.05) is 12.0 Å². The molecule has 164 valence electrons. The average molecular weight is 433 g/mol. The van der Waals surface area contributed by atoms with Crippen molar-refractivity contribution >= 4 is 18.0 Å². The van der Waals surface area contributed by atoms with E-state index < -0.39 is 17.3 Å². The molecule has 0 aliphatic carbocycles. The van der Waals surface area contributed by atoms with Crippen LogP contribution in [0.25, 0.3) is 0 Å². The summed E-state index contributed by atoms with van der Waals surface area (Å²) in [6.45, 7) is 5.10. The molecular weight excluding hydrogens is 411 g/mol. The van der Waals surface area contributed by atoms with Crippen LogP contribution in [0.5, 0.6) is 0 Å². The van der Waals surface area contributed by atoms with Gasteiger partial charge in [-0.05, 0) is 61.7 Å². The van der Waals surface area contributed by atoms with Gasteiger partial charge in [-0.2, -0.15) is 13.2 Å². The van der Waals surface area contributed by atoms with Crippen molar-refractivity contribution in [1.82, 2.24) is 5.32 Å². The molecule has 9 heteroatoms. The molecule has 1 N–H and O–H groups in total. The first-order valence-electron chi connectivity index (χ1n) is 9.45. The lowest BCUT2D eigenvalue weighted by Crippen LogP contribution is -2.24. The second-order valence-electron chi connectivity index (χ2n) is 7.54. The Hall–Kier alpha value is -3.36. The molecule has 1 unspecified atom stereocenters. The van der Waals surface area contributed by atoms with Gasteiger partial charge in [0.15, 0.2) is 5.60 Å². The standard InChI is InChI=1S/C22H22F3N3O3/c1-13-7-16(10-17(8-13)22(23,24)25)21(3)11-19(28-31-21)15-5-6-18(14(2)9-15)20(29)26-12-27-30-4/h5-10,12H,11H2,1-4H3,(H,26,27,29). The van der Waals surface area contributed by atoms with Crippen LogP contribution in [-0.2, 0) is 21.5 Å². The molecule has 0 spiro atoms. The van der Waals surface area contributed by atoms with Crippen LogP contribution in [-0.4, -0.2) is 25.1 Å². The molecule has 1 heterocycles. The Labute approximate surface area is 177 Å². The van der Waals surface area contributed by atoms with Crippen LogP contribution in [0.3, 0.4) is 0 Å². The van der Waals surface area contributed by atoms with E-state index in [1.807, 2.05) is 0 Å². The number of hydrogen-bond acceptors (Lipinski definition) is 5. The van der Waals surface area contributed by atoms with Crippen molar-refractivity contribution in [3.63, 3.8) is 0 Å². The third-order valence-corrected chi connectivity index (χ3v) is 5.04. The number of hydrogen-bond donors (Lipinski definition) is 1. The monoisotopic (exact) mass is 433 g/mol. The van der Waals surface area contributed by atoms with Crippen molar-refractivity contribution < 1.29 is 27.6 Å². The topological polar surface area (TPSA) is 72.3 Å². The van der Waals surface area contributed by atoms with Crippen molar-refractivity contribution in [2.75, 3.05) is 7.11 Å². The van der Waals surface area contributed by atoms with Gasteiger partial charge in [-0.25, -0.2) is 0 Å². The summed E-state index contributed by atoms with van der Waals surface area (Å²) in [5.74, 6) is -0.348. The highest BCUT2D eigenvalue weighted by Gasteiger charge is 2.39. The van der Waals surface area contributed by atoms with E-state index in [0.717, 1.165) is 24.0 Å². The van der Waals surface area contributed by atoms with Crippen LogP contribution in [0, 0.1) is 13.8 Å². The fourth-order valence-corrected chi connectivity index (χ4v) is 3.41. The zero-order valence-electron chi connectivity index (χ0n) is 17.5. The van der Waals surface area contributed by atoms with Gasteiger partial charge >= 0.3 is 6.18 Å². The molecular formula is C22H22F3N3O3. The van der Waals surface area contributed by atoms with Gasteiger partial charge in [-0.1, -0.05) is 28.0 Å². The Morgan fingerprint density at radius 1 is 1.26 bits per heavy atom. The van der Waals surface area contributed by atoms with Crippen LogP contribution in [0.4, 0.5) is 13.2 Å². The quantitative estimate of drug-likeness (QED) is 0.423. The molecule has 1 atom stereocenters. The van der Waals surface area contributed by atoms with Gasteiger partial charge < -0.3 is 15.0 Å². The maximum Gasteiger partial charge on any atom is 0.416 e. The molecule has 2 aromatic carbocycles. The van der Waals surface area contributed by atoms with E-state index in [0.29, 0.717) is 34.4 Å². The summed E-state index contributed by atoms with van der Waals surface area (Å²) in [6.07, 6.45) is -3.01. The van der Waals surface area contributed by atoms with E-state index in [1.165, 1.54) is 7.11 Å². The molecule has 1 aliphatic rings. The first-order valence-corrected chi connectivity index (χ1v) is 9.45. The third-order valence-electron chi connectivity index (χ3n) is 5.04. The van der Waals surface area contributed by atoms with Crippen molar-refractivity contribution in [3.8, 4) is 0 Å². The van der Waals surface area contributed by atoms with Crippen molar-refractivity contribution in [1.29, 1.82) is 0 Å². The molecule has 0 saturated heterocycles. The lowest BCUT2D eigenvalue weighted by atomic mass is 9.86. The fourth-order valence-electron chi connectivity index (χ4n) is 3.41. The third kappa shape index (κ3) is 4.87. The van der Waals surface area contributed by atoms with Gasteiger partial charge in [0.1, 0.15) is 13.4 Å². The molecule has 31 heavy (non-hydrogen) atoms. The first-order chi connectivity index (χ1) is 14.5. The van der Waals surface area contributed by atoms with Gasteiger partial charge in [-0.15, -0.1) is 0 Å². The number of benzene rings is 2. The minimum Gasteiger partial charge on any atom is -0.398 e. The molecule has 0 aromatic heterocycles. The number of halogens is 3. The van der Waals surface area contributed by atoms with Crippen LogP contribution >= 0.6 is 0 Å². The molecule has 1 aliphatic heterocycles. The SMILES string of the molecule is CON=CNC(=O)c1ccc(C2=NOC(C)(c3cc(C)cc(C(F)(F)F)c3)C2)cc1C. The average Bonchev–Trinajstić information content (AvgIpc) is 3.10. The van der Waals surface area contributed by atoms with E-state index in [9.17, 15) is 18.0 Å². The predicted molar refractivity (Wildman–Crippen MR) is 110 cm³/mol.